The number of nitrogens with one attached hydrogen (secondary N) is 3. The zero-order valence-electron chi connectivity index (χ0n) is 15.8. The van der Waals surface area contributed by atoms with Crippen LogP contribution in [0.4, 0.5) is 5.69 Å². The van der Waals surface area contributed by atoms with Gasteiger partial charge in [-0.15, -0.1) is 0 Å². The van der Waals surface area contributed by atoms with E-state index in [0.717, 1.165) is 5.56 Å². The molecule has 0 spiro atoms. The number of benzene rings is 2. The first-order valence-corrected chi connectivity index (χ1v) is 9.15. The molecule has 1 heterocycles. The van der Waals surface area contributed by atoms with Gasteiger partial charge in [-0.25, -0.2) is 4.79 Å². The highest BCUT2D eigenvalue weighted by Gasteiger charge is 2.32. The second-order valence-electron chi connectivity index (χ2n) is 6.47. The van der Waals surface area contributed by atoms with E-state index in [0.29, 0.717) is 33.2 Å². The Morgan fingerprint density at radius 3 is 2.43 bits per heavy atom. The molecule has 28 heavy (non-hydrogen) atoms. The summed E-state index contributed by atoms with van der Waals surface area (Å²) in [5, 5.41) is 9.39. The topological polar surface area (TPSA) is 79.5 Å². The molecule has 0 aromatic heterocycles. The molecule has 0 aliphatic carbocycles. The summed E-state index contributed by atoms with van der Waals surface area (Å²) in [6.07, 6.45) is 0. The number of thiocarbonyl (C=S) groups is 1. The van der Waals surface area contributed by atoms with Gasteiger partial charge < -0.3 is 20.7 Å². The van der Waals surface area contributed by atoms with Gasteiger partial charge in [0.15, 0.2) is 5.11 Å². The molecule has 2 aromatic rings. The number of ether oxygens (including phenoxy) is 1. The molecule has 7 heteroatoms. The van der Waals surface area contributed by atoms with E-state index < -0.39 is 12.0 Å². The van der Waals surface area contributed by atoms with Crippen molar-refractivity contribution in [1.29, 1.82) is 0 Å². The van der Waals surface area contributed by atoms with Gasteiger partial charge in [0.1, 0.15) is 0 Å². The molecular weight excluding hydrogens is 374 g/mol. The van der Waals surface area contributed by atoms with Gasteiger partial charge in [0.25, 0.3) is 5.91 Å². The Hall–Kier alpha value is -3.19. The number of methoxy groups -OCH3 is 1. The predicted molar refractivity (Wildman–Crippen MR) is 112 cm³/mol. The van der Waals surface area contributed by atoms with Crippen molar-refractivity contribution in [2.45, 2.75) is 19.9 Å². The molecule has 2 aromatic carbocycles. The van der Waals surface area contributed by atoms with E-state index in [-0.39, 0.29) is 5.91 Å². The summed E-state index contributed by atoms with van der Waals surface area (Å²) in [4.78, 5) is 25.3. The van der Waals surface area contributed by atoms with Crippen LogP contribution in [0.1, 0.15) is 34.5 Å². The minimum Gasteiger partial charge on any atom is -0.465 e. The Morgan fingerprint density at radius 1 is 1.07 bits per heavy atom. The number of aryl methyl sites for hydroxylation is 1. The molecule has 1 aliphatic heterocycles. The summed E-state index contributed by atoms with van der Waals surface area (Å²) in [5.74, 6) is -0.758. The lowest BCUT2D eigenvalue weighted by Gasteiger charge is -2.31. The monoisotopic (exact) mass is 395 g/mol. The zero-order valence-corrected chi connectivity index (χ0v) is 16.6. The molecule has 3 N–H and O–H groups in total. The quantitative estimate of drug-likeness (QED) is 0.545. The molecule has 1 aliphatic rings. The average molecular weight is 395 g/mol. The second kappa shape index (κ2) is 8.22. The van der Waals surface area contributed by atoms with Crippen molar-refractivity contribution in [2.24, 2.45) is 0 Å². The fourth-order valence-corrected chi connectivity index (χ4v) is 3.38. The first-order chi connectivity index (χ1) is 13.4. The fourth-order valence-electron chi connectivity index (χ4n) is 3.11. The van der Waals surface area contributed by atoms with E-state index >= 15 is 0 Å². The third-order valence-corrected chi connectivity index (χ3v) is 4.72. The maximum absolute atomic E-state index is 13.1. The van der Waals surface area contributed by atoms with Gasteiger partial charge in [0.05, 0.1) is 24.3 Å². The molecule has 144 valence electrons. The van der Waals surface area contributed by atoms with E-state index in [2.05, 4.69) is 16.0 Å². The van der Waals surface area contributed by atoms with Gasteiger partial charge >= 0.3 is 5.97 Å². The van der Waals surface area contributed by atoms with E-state index in [9.17, 15) is 9.59 Å². The van der Waals surface area contributed by atoms with Crippen molar-refractivity contribution < 1.29 is 14.3 Å². The maximum Gasteiger partial charge on any atom is 0.338 e. The van der Waals surface area contributed by atoms with E-state index in [1.54, 1.807) is 31.2 Å². The molecule has 6 nitrogen and oxygen atoms in total. The number of allylic oxidation sites excluding steroid dienone is 1. The van der Waals surface area contributed by atoms with Crippen LogP contribution in [0.15, 0.2) is 59.8 Å². The molecule has 0 fully saturated rings. The highest BCUT2D eigenvalue weighted by Crippen LogP contribution is 2.30. The van der Waals surface area contributed by atoms with Crippen molar-refractivity contribution in [3.8, 4) is 0 Å². The molecule has 1 unspecified atom stereocenters. The van der Waals surface area contributed by atoms with Crippen LogP contribution in [0.3, 0.4) is 0 Å². The van der Waals surface area contributed by atoms with E-state index in [1.807, 2.05) is 31.2 Å². The van der Waals surface area contributed by atoms with Crippen molar-refractivity contribution in [3.05, 3.63) is 76.5 Å². The zero-order chi connectivity index (χ0) is 20.3. The van der Waals surface area contributed by atoms with Gasteiger partial charge in [-0.1, -0.05) is 35.9 Å². The Labute approximate surface area is 169 Å². The number of carbonyl (C=O) groups excluding carboxylic acids is 2. The Morgan fingerprint density at radius 2 is 1.75 bits per heavy atom. The highest BCUT2D eigenvalue weighted by molar-refractivity contribution is 7.80. The third-order valence-electron chi connectivity index (χ3n) is 4.50. The van der Waals surface area contributed by atoms with Crippen LogP contribution in [-0.2, 0) is 9.53 Å². The SMILES string of the molecule is COC(=O)c1ccccc1C1NC(=S)NC(C)=C1C(=O)Nc1ccc(C)cc1. The number of anilines is 1. The summed E-state index contributed by atoms with van der Waals surface area (Å²) in [6, 6.07) is 13.9. The molecule has 1 amide bonds. The molecule has 0 radical (unpaired) electrons. The van der Waals surface area contributed by atoms with Crippen molar-refractivity contribution in [3.63, 3.8) is 0 Å². The van der Waals surface area contributed by atoms with Gasteiger partial charge in [-0.05, 0) is 49.8 Å². The molecule has 0 saturated carbocycles. The first-order valence-electron chi connectivity index (χ1n) is 8.74. The van der Waals surface area contributed by atoms with Crippen molar-refractivity contribution in [1.82, 2.24) is 10.6 Å². The molecular formula is C21H21N3O3S. The van der Waals surface area contributed by atoms with E-state index in [4.69, 9.17) is 17.0 Å². The summed E-state index contributed by atoms with van der Waals surface area (Å²) >= 11 is 5.28. The second-order valence-corrected chi connectivity index (χ2v) is 6.88. The molecule has 0 saturated heterocycles. The predicted octanol–water partition coefficient (Wildman–Crippen LogP) is 3.21. The van der Waals surface area contributed by atoms with Crippen molar-refractivity contribution >= 4 is 34.9 Å². The third kappa shape index (κ3) is 4.04. The number of carbonyl (C=O) groups is 2. The van der Waals surface area contributed by atoms with Gasteiger partial charge in [0.2, 0.25) is 0 Å². The van der Waals surface area contributed by atoms with Crippen LogP contribution in [-0.4, -0.2) is 24.1 Å². The maximum atomic E-state index is 13.1. The number of esters is 1. The van der Waals surface area contributed by atoms with Crippen LogP contribution in [0, 0.1) is 6.92 Å². The minimum absolute atomic E-state index is 0.284. The molecule has 1 atom stereocenters. The molecule has 0 bridgehead atoms. The van der Waals surface area contributed by atoms with Crippen LogP contribution >= 0.6 is 12.2 Å². The van der Waals surface area contributed by atoms with Gasteiger partial charge in [0, 0.05) is 11.4 Å². The standard InChI is InChI=1S/C21H21N3O3S/c1-12-8-10-14(11-9-12)23-19(25)17-13(2)22-21(28)24-18(17)15-6-4-5-7-16(15)20(26)27-3/h4-11,18H,1-3H3,(H,23,25)(H2,22,24,28). The van der Waals surface area contributed by atoms with Crippen molar-refractivity contribution in [2.75, 3.05) is 12.4 Å². The Kier molecular flexibility index (Phi) is 5.75. The Balaban J connectivity index is 2.01. The van der Waals surface area contributed by atoms with E-state index in [1.165, 1.54) is 7.11 Å². The lowest BCUT2D eigenvalue weighted by Crippen LogP contribution is -2.46. The summed E-state index contributed by atoms with van der Waals surface area (Å²) in [6.45, 7) is 3.76. The lowest BCUT2D eigenvalue weighted by molar-refractivity contribution is -0.113. The number of hydrogen-bond donors (Lipinski definition) is 3. The number of amides is 1. The number of rotatable bonds is 4. The normalized spacial score (nSPS) is 16.1. The lowest BCUT2D eigenvalue weighted by atomic mass is 9.91. The summed E-state index contributed by atoms with van der Waals surface area (Å²) in [7, 11) is 1.33. The minimum atomic E-state index is -0.588. The van der Waals surface area contributed by atoms with Gasteiger partial charge in [-0.2, -0.15) is 0 Å². The van der Waals surface area contributed by atoms with Crippen LogP contribution < -0.4 is 16.0 Å². The van der Waals surface area contributed by atoms with Crippen LogP contribution in [0.2, 0.25) is 0 Å². The van der Waals surface area contributed by atoms with Crippen LogP contribution in [0.25, 0.3) is 0 Å². The Bertz CT molecular complexity index is 967. The average Bonchev–Trinajstić information content (AvgIpc) is 2.68. The smallest absolute Gasteiger partial charge is 0.338 e. The van der Waals surface area contributed by atoms with Crippen LogP contribution in [0.5, 0.6) is 0 Å². The number of hydrogen-bond acceptors (Lipinski definition) is 4. The summed E-state index contributed by atoms with van der Waals surface area (Å²) < 4.78 is 4.89. The summed E-state index contributed by atoms with van der Waals surface area (Å²) in [5.41, 5.74) is 3.85. The highest BCUT2D eigenvalue weighted by atomic mass is 32.1. The molecule has 3 rings (SSSR count). The first kappa shape index (κ1) is 19.6. The fraction of sp³-hybridized carbons (Fsp3) is 0.190. The van der Waals surface area contributed by atoms with Gasteiger partial charge in [-0.3, -0.25) is 4.79 Å². The largest absolute Gasteiger partial charge is 0.465 e.